The van der Waals surface area contributed by atoms with Crippen molar-refractivity contribution >= 4 is 20.9 Å². The molecule has 0 radical (unpaired) electrons. The molecule has 2 heterocycles. The van der Waals surface area contributed by atoms with Crippen LogP contribution in [0.5, 0.6) is 0 Å². The van der Waals surface area contributed by atoms with Crippen LogP contribution in [0.25, 0.3) is 10.9 Å². The van der Waals surface area contributed by atoms with Gasteiger partial charge >= 0.3 is 0 Å². The molecule has 1 saturated carbocycles. The quantitative estimate of drug-likeness (QED) is 0.871. The fraction of sp³-hybridized carbons (Fsp3) is 0.562. The summed E-state index contributed by atoms with van der Waals surface area (Å²) in [7, 11) is -3.05. The van der Waals surface area contributed by atoms with E-state index in [-0.39, 0.29) is 11.3 Å². The minimum absolute atomic E-state index is 0.107. The highest BCUT2D eigenvalue weighted by molar-refractivity contribution is 7.90. The summed E-state index contributed by atoms with van der Waals surface area (Å²) in [5.41, 5.74) is 2.22. The van der Waals surface area contributed by atoms with Crippen molar-refractivity contribution in [3.63, 3.8) is 0 Å². The number of sulfonamides is 1. The van der Waals surface area contributed by atoms with E-state index in [1.165, 1.54) is 5.56 Å². The molecule has 7 heteroatoms. The van der Waals surface area contributed by atoms with Crippen molar-refractivity contribution in [1.82, 2.24) is 19.8 Å². The van der Waals surface area contributed by atoms with Crippen LogP contribution in [-0.4, -0.2) is 47.3 Å². The number of aromatic amines is 1. The Morgan fingerprint density at radius 2 is 2.17 bits per heavy atom. The molecule has 0 bridgehead atoms. The van der Waals surface area contributed by atoms with E-state index >= 15 is 0 Å². The Morgan fingerprint density at radius 1 is 1.30 bits per heavy atom. The normalized spacial score (nSPS) is 23.4. The van der Waals surface area contributed by atoms with Gasteiger partial charge in [-0.3, -0.25) is 5.10 Å². The van der Waals surface area contributed by atoms with Crippen LogP contribution in [-0.2, 0) is 16.6 Å². The molecule has 2 fully saturated rings. The first-order valence-corrected chi connectivity index (χ1v) is 9.77. The van der Waals surface area contributed by atoms with Crippen LogP contribution in [0.4, 0.5) is 0 Å². The fourth-order valence-corrected chi connectivity index (χ4v) is 5.20. The van der Waals surface area contributed by atoms with Gasteiger partial charge in [-0.05, 0) is 37.3 Å². The Morgan fingerprint density at radius 3 is 3.00 bits per heavy atom. The van der Waals surface area contributed by atoms with Crippen molar-refractivity contribution in [2.45, 2.75) is 43.5 Å². The molecule has 23 heavy (non-hydrogen) atoms. The largest absolute Gasteiger partial charge is 0.309 e. The molecule has 4 rings (SSSR count). The van der Waals surface area contributed by atoms with Crippen LogP contribution in [0.15, 0.2) is 24.4 Å². The van der Waals surface area contributed by atoms with E-state index in [9.17, 15) is 8.42 Å². The number of H-pyrrole nitrogens is 1. The topological polar surface area (TPSA) is 78.1 Å². The average Bonchev–Trinajstić information content (AvgIpc) is 3.32. The maximum absolute atomic E-state index is 12.4. The third-order valence-corrected chi connectivity index (χ3v) is 7.16. The molecule has 2 aromatic rings. The smallest absolute Gasteiger partial charge is 0.217 e. The van der Waals surface area contributed by atoms with Crippen LogP contribution in [0.2, 0.25) is 0 Å². The SMILES string of the molecule is O=S(=O)(C1CC1)N1CCC[C@@H](NCc2ccc3cn[nH]c3c2)C1. The van der Waals surface area contributed by atoms with E-state index in [0.29, 0.717) is 13.1 Å². The summed E-state index contributed by atoms with van der Waals surface area (Å²) in [6.45, 7) is 2.03. The minimum Gasteiger partial charge on any atom is -0.309 e. The summed E-state index contributed by atoms with van der Waals surface area (Å²) in [5.74, 6) is 0. The highest BCUT2D eigenvalue weighted by Crippen LogP contribution is 2.32. The molecule has 1 aliphatic heterocycles. The predicted octanol–water partition coefficient (Wildman–Crippen LogP) is 1.61. The average molecular weight is 334 g/mol. The van der Waals surface area contributed by atoms with Gasteiger partial charge in [0.05, 0.1) is 17.0 Å². The first kappa shape index (κ1) is 15.1. The zero-order chi connectivity index (χ0) is 15.9. The highest BCUT2D eigenvalue weighted by atomic mass is 32.2. The van der Waals surface area contributed by atoms with Crippen molar-refractivity contribution in [2.24, 2.45) is 0 Å². The Hall–Kier alpha value is -1.44. The van der Waals surface area contributed by atoms with Gasteiger partial charge in [-0.15, -0.1) is 0 Å². The van der Waals surface area contributed by atoms with Crippen molar-refractivity contribution in [1.29, 1.82) is 0 Å². The van der Waals surface area contributed by atoms with Crippen molar-refractivity contribution in [3.8, 4) is 0 Å². The zero-order valence-corrected chi connectivity index (χ0v) is 13.8. The molecule has 0 unspecified atom stereocenters. The second-order valence-corrected chi connectivity index (χ2v) is 8.83. The van der Waals surface area contributed by atoms with E-state index < -0.39 is 10.0 Å². The lowest BCUT2D eigenvalue weighted by Crippen LogP contribution is -2.48. The van der Waals surface area contributed by atoms with Crippen molar-refractivity contribution < 1.29 is 8.42 Å². The van der Waals surface area contributed by atoms with Crippen LogP contribution in [0.1, 0.15) is 31.2 Å². The van der Waals surface area contributed by atoms with Gasteiger partial charge in [-0.2, -0.15) is 5.10 Å². The van der Waals surface area contributed by atoms with E-state index in [4.69, 9.17) is 0 Å². The third kappa shape index (κ3) is 3.13. The number of rotatable bonds is 5. The first-order chi connectivity index (χ1) is 11.1. The molecular weight excluding hydrogens is 312 g/mol. The molecule has 1 aromatic heterocycles. The lowest BCUT2D eigenvalue weighted by molar-refractivity contribution is 0.282. The van der Waals surface area contributed by atoms with E-state index in [1.54, 1.807) is 4.31 Å². The molecule has 2 N–H and O–H groups in total. The van der Waals surface area contributed by atoms with E-state index in [1.807, 2.05) is 6.20 Å². The highest BCUT2D eigenvalue weighted by Gasteiger charge is 2.41. The summed E-state index contributed by atoms with van der Waals surface area (Å²) in [6, 6.07) is 6.47. The fourth-order valence-electron chi connectivity index (χ4n) is 3.27. The second-order valence-electron chi connectivity index (χ2n) is 6.61. The standard InChI is InChI=1S/C16H22N4O2S/c21-23(22,15-5-6-15)20-7-1-2-14(11-20)17-9-12-3-4-13-10-18-19-16(13)8-12/h3-4,8,10,14-15,17H,1-2,5-7,9,11H2,(H,18,19)/t14-/m1/s1. The lowest BCUT2D eigenvalue weighted by Gasteiger charge is -2.32. The molecule has 1 saturated heterocycles. The molecule has 124 valence electrons. The van der Waals surface area contributed by atoms with Gasteiger partial charge in [0.25, 0.3) is 0 Å². The van der Waals surface area contributed by atoms with Gasteiger partial charge in [0.1, 0.15) is 0 Å². The minimum atomic E-state index is -3.05. The van der Waals surface area contributed by atoms with Crippen molar-refractivity contribution in [2.75, 3.05) is 13.1 Å². The molecule has 1 aliphatic carbocycles. The van der Waals surface area contributed by atoms with Crippen LogP contribution in [0, 0.1) is 0 Å². The summed E-state index contributed by atoms with van der Waals surface area (Å²) < 4.78 is 26.4. The molecule has 1 aromatic carbocycles. The predicted molar refractivity (Wildman–Crippen MR) is 89.5 cm³/mol. The Bertz CT molecular complexity index is 797. The van der Waals surface area contributed by atoms with E-state index in [0.717, 1.165) is 43.1 Å². The van der Waals surface area contributed by atoms with Gasteiger partial charge in [0.2, 0.25) is 10.0 Å². The molecule has 1 atom stereocenters. The molecule has 0 amide bonds. The number of nitrogens with zero attached hydrogens (tertiary/aromatic N) is 2. The van der Waals surface area contributed by atoms with Crippen molar-refractivity contribution in [3.05, 3.63) is 30.0 Å². The van der Waals surface area contributed by atoms with Gasteiger partial charge < -0.3 is 5.32 Å². The molecule has 0 spiro atoms. The lowest BCUT2D eigenvalue weighted by atomic mass is 10.1. The maximum atomic E-state index is 12.4. The zero-order valence-electron chi connectivity index (χ0n) is 13.0. The number of hydrogen-bond acceptors (Lipinski definition) is 4. The number of nitrogens with one attached hydrogen (secondary N) is 2. The monoisotopic (exact) mass is 334 g/mol. The van der Waals surface area contributed by atoms with E-state index in [2.05, 4.69) is 33.7 Å². The number of aromatic nitrogens is 2. The first-order valence-electron chi connectivity index (χ1n) is 8.27. The molecular formula is C16H22N4O2S. The Labute approximate surface area is 136 Å². The van der Waals surface area contributed by atoms with Gasteiger partial charge in [-0.1, -0.05) is 12.1 Å². The number of hydrogen-bond donors (Lipinski definition) is 2. The Balaban J connectivity index is 1.38. The summed E-state index contributed by atoms with van der Waals surface area (Å²) in [6.07, 6.45) is 5.45. The van der Waals surface area contributed by atoms with Crippen LogP contribution < -0.4 is 5.32 Å². The van der Waals surface area contributed by atoms with Gasteiger partial charge in [0.15, 0.2) is 0 Å². The molecule has 6 nitrogen and oxygen atoms in total. The summed E-state index contributed by atoms with van der Waals surface area (Å²) >= 11 is 0. The van der Waals surface area contributed by atoms with Crippen LogP contribution >= 0.6 is 0 Å². The second kappa shape index (κ2) is 5.89. The number of benzene rings is 1. The molecule has 2 aliphatic rings. The maximum Gasteiger partial charge on any atom is 0.217 e. The van der Waals surface area contributed by atoms with Crippen LogP contribution in [0.3, 0.4) is 0 Å². The third-order valence-electron chi connectivity index (χ3n) is 4.79. The summed E-state index contributed by atoms with van der Waals surface area (Å²) in [5, 5.41) is 11.5. The van der Waals surface area contributed by atoms with Gasteiger partial charge in [0, 0.05) is 31.1 Å². The Kier molecular flexibility index (Phi) is 3.87. The van der Waals surface area contributed by atoms with Gasteiger partial charge in [-0.25, -0.2) is 12.7 Å². The summed E-state index contributed by atoms with van der Waals surface area (Å²) in [4.78, 5) is 0. The number of piperidine rings is 1. The number of fused-ring (bicyclic) bond motifs is 1.